The lowest BCUT2D eigenvalue weighted by Gasteiger charge is -2.37. The van der Waals surface area contributed by atoms with Gasteiger partial charge >= 0.3 is 6.09 Å². The normalized spacial score (nSPS) is 19.1. The van der Waals surface area contributed by atoms with Crippen molar-refractivity contribution in [3.63, 3.8) is 0 Å². The Morgan fingerprint density at radius 1 is 1.00 bits per heavy atom. The molecule has 0 N–H and O–H groups in total. The van der Waals surface area contributed by atoms with Crippen molar-refractivity contribution in [3.8, 4) is 0 Å². The topological polar surface area (TPSA) is 53.1 Å². The Morgan fingerprint density at radius 2 is 1.61 bits per heavy atom. The largest absolute Gasteiger partial charge is 0.444 e. The summed E-state index contributed by atoms with van der Waals surface area (Å²) in [6.07, 6.45) is 6.20. The minimum Gasteiger partial charge on any atom is -0.444 e. The Morgan fingerprint density at radius 3 is 2.19 bits per heavy atom. The number of halogens is 1. The lowest BCUT2D eigenvalue weighted by molar-refractivity contribution is -0.134. The van der Waals surface area contributed by atoms with Crippen LogP contribution in [0.15, 0.2) is 34.8 Å². The van der Waals surface area contributed by atoms with E-state index in [4.69, 9.17) is 4.74 Å². The number of hydrogen-bond acceptors (Lipinski definition) is 4. The number of nitrogens with zero attached hydrogens (tertiary/aromatic N) is 3. The summed E-state index contributed by atoms with van der Waals surface area (Å²) in [6.45, 7) is 10.3. The molecule has 3 rings (SSSR count). The Bertz CT molecular complexity index is 772. The van der Waals surface area contributed by atoms with Crippen LogP contribution in [0.25, 0.3) is 6.08 Å². The fourth-order valence-electron chi connectivity index (χ4n) is 3.87. The Hall–Kier alpha value is -1.86. The van der Waals surface area contributed by atoms with Gasteiger partial charge in [-0.2, -0.15) is 0 Å². The van der Waals surface area contributed by atoms with Crippen molar-refractivity contribution in [2.45, 2.75) is 39.2 Å². The second-order valence-corrected chi connectivity index (χ2v) is 10.3. The molecule has 6 nitrogen and oxygen atoms in total. The molecule has 170 valence electrons. The molecule has 0 spiro atoms. The highest BCUT2D eigenvalue weighted by Gasteiger charge is 2.28. The fraction of sp³-hybridized carbons (Fsp3) is 0.583. The molecule has 2 aliphatic rings. The molecule has 0 radical (unpaired) electrons. The van der Waals surface area contributed by atoms with Gasteiger partial charge in [0.2, 0.25) is 5.91 Å². The third kappa shape index (κ3) is 7.65. The van der Waals surface area contributed by atoms with Crippen LogP contribution in [0, 0.1) is 5.92 Å². The second-order valence-electron chi connectivity index (χ2n) is 9.37. The standard InChI is InChI=1S/C24H34BrN3O3/c1-24(2,3)31-23(30)28-16-14-26(15-17-28)18-22(29)27-12-10-20(11-13-27)5-4-19-6-8-21(25)9-7-19/h4-9,20H,10-18H2,1-3H3/b5-4+. The van der Waals surface area contributed by atoms with Gasteiger partial charge in [-0.05, 0) is 57.2 Å². The first-order valence-electron chi connectivity index (χ1n) is 11.1. The van der Waals surface area contributed by atoms with Gasteiger partial charge < -0.3 is 14.5 Å². The first-order valence-corrected chi connectivity index (χ1v) is 11.9. The second kappa shape index (κ2) is 10.6. The summed E-state index contributed by atoms with van der Waals surface area (Å²) in [4.78, 5) is 30.8. The highest BCUT2D eigenvalue weighted by atomic mass is 79.9. The van der Waals surface area contributed by atoms with Gasteiger partial charge in [-0.25, -0.2) is 4.79 Å². The van der Waals surface area contributed by atoms with E-state index < -0.39 is 5.60 Å². The molecule has 2 amide bonds. The number of benzene rings is 1. The molecule has 2 saturated heterocycles. The molecule has 1 aromatic rings. The predicted octanol–water partition coefficient (Wildman–Crippen LogP) is 4.25. The van der Waals surface area contributed by atoms with E-state index in [-0.39, 0.29) is 12.0 Å². The highest BCUT2D eigenvalue weighted by Crippen LogP contribution is 2.21. The van der Waals surface area contributed by atoms with E-state index in [9.17, 15) is 9.59 Å². The number of allylic oxidation sites excluding steroid dienone is 1. The molecule has 0 bridgehead atoms. The molecule has 2 fully saturated rings. The van der Waals surface area contributed by atoms with Crippen molar-refractivity contribution >= 4 is 34.0 Å². The summed E-state index contributed by atoms with van der Waals surface area (Å²) < 4.78 is 6.52. The molecule has 2 aliphatic heterocycles. The van der Waals surface area contributed by atoms with Crippen LogP contribution in [-0.4, -0.2) is 78.1 Å². The van der Waals surface area contributed by atoms with Gasteiger partial charge in [0, 0.05) is 43.7 Å². The quantitative estimate of drug-likeness (QED) is 0.631. The van der Waals surface area contributed by atoms with E-state index in [1.165, 1.54) is 5.56 Å². The summed E-state index contributed by atoms with van der Waals surface area (Å²) in [6, 6.07) is 8.30. The maximum atomic E-state index is 12.7. The van der Waals surface area contributed by atoms with Crippen LogP contribution >= 0.6 is 15.9 Å². The first-order chi connectivity index (χ1) is 14.7. The molecule has 0 unspecified atom stereocenters. The van der Waals surface area contributed by atoms with E-state index in [0.717, 1.165) is 30.4 Å². The molecule has 0 saturated carbocycles. The van der Waals surface area contributed by atoms with Crippen LogP contribution in [-0.2, 0) is 9.53 Å². The van der Waals surface area contributed by atoms with Crippen LogP contribution in [0.2, 0.25) is 0 Å². The van der Waals surface area contributed by atoms with Crippen LogP contribution < -0.4 is 0 Å². The zero-order valence-corrected chi connectivity index (χ0v) is 20.4. The van der Waals surface area contributed by atoms with Crippen molar-refractivity contribution in [2.75, 3.05) is 45.8 Å². The molecule has 31 heavy (non-hydrogen) atoms. The number of hydrogen-bond donors (Lipinski definition) is 0. The Balaban J connectivity index is 1.37. The zero-order chi connectivity index (χ0) is 22.4. The highest BCUT2D eigenvalue weighted by molar-refractivity contribution is 9.10. The molecule has 0 aromatic heterocycles. The summed E-state index contributed by atoms with van der Waals surface area (Å²) in [5, 5.41) is 0. The first kappa shape index (κ1) is 23.8. The third-order valence-corrected chi connectivity index (χ3v) is 6.23. The minimum atomic E-state index is -0.482. The maximum Gasteiger partial charge on any atom is 0.410 e. The van der Waals surface area contributed by atoms with Crippen LogP contribution in [0.4, 0.5) is 4.79 Å². The molecule has 1 aromatic carbocycles. The van der Waals surface area contributed by atoms with Crippen molar-refractivity contribution in [3.05, 3.63) is 40.4 Å². The van der Waals surface area contributed by atoms with Gasteiger partial charge in [-0.3, -0.25) is 9.69 Å². The summed E-state index contributed by atoms with van der Waals surface area (Å²) in [5.74, 6) is 0.714. The van der Waals surface area contributed by atoms with E-state index in [2.05, 4.69) is 45.1 Å². The van der Waals surface area contributed by atoms with E-state index in [0.29, 0.717) is 38.6 Å². The van der Waals surface area contributed by atoms with Gasteiger partial charge in [0.1, 0.15) is 5.60 Å². The molecular formula is C24H34BrN3O3. The number of amides is 2. The monoisotopic (exact) mass is 491 g/mol. The summed E-state index contributed by atoms with van der Waals surface area (Å²) >= 11 is 3.46. The third-order valence-electron chi connectivity index (χ3n) is 5.71. The number of likely N-dealkylation sites (tertiary alicyclic amines) is 1. The van der Waals surface area contributed by atoms with Gasteiger partial charge in [-0.15, -0.1) is 0 Å². The minimum absolute atomic E-state index is 0.195. The number of ether oxygens (including phenoxy) is 1. The molecule has 2 heterocycles. The summed E-state index contributed by atoms with van der Waals surface area (Å²) in [5.41, 5.74) is 0.719. The number of piperidine rings is 1. The van der Waals surface area contributed by atoms with Crippen molar-refractivity contribution < 1.29 is 14.3 Å². The van der Waals surface area contributed by atoms with Gasteiger partial charge in [0.15, 0.2) is 0 Å². The van der Waals surface area contributed by atoms with Crippen LogP contribution in [0.5, 0.6) is 0 Å². The Labute approximate surface area is 194 Å². The molecule has 0 aliphatic carbocycles. The van der Waals surface area contributed by atoms with Crippen molar-refractivity contribution in [1.29, 1.82) is 0 Å². The van der Waals surface area contributed by atoms with Gasteiger partial charge in [-0.1, -0.05) is 40.2 Å². The van der Waals surface area contributed by atoms with Gasteiger partial charge in [0.25, 0.3) is 0 Å². The van der Waals surface area contributed by atoms with E-state index in [1.54, 1.807) is 4.90 Å². The molecular weight excluding hydrogens is 458 g/mol. The number of carbonyl (C=O) groups excluding carboxylic acids is 2. The number of rotatable bonds is 4. The molecule has 7 heteroatoms. The predicted molar refractivity (Wildman–Crippen MR) is 127 cm³/mol. The number of piperazine rings is 1. The van der Waals surface area contributed by atoms with Crippen molar-refractivity contribution in [1.82, 2.24) is 14.7 Å². The van der Waals surface area contributed by atoms with E-state index >= 15 is 0 Å². The average Bonchev–Trinajstić information content (AvgIpc) is 2.73. The van der Waals surface area contributed by atoms with E-state index in [1.807, 2.05) is 37.8 Å². The van der Waals surface area contributed by atoms with Gasteiger partial charge in [0.05, 0.1) is 6.54 Å². The SMILES string of the molecule is CC(C)(C)OC(=O)N1CCN(CC(=O)N2CCC(/C=C/c3ccc(Br)cc3)CC2)CC1. The van der Waals surface area contributed by atoms with Crippen molar-refractivity contribution in [2.24, 2.45) is 5.92 Å². The maximum absolute atomic E-state index is 12.7. The lowest BCUT2D eigenvalue weighted by Crippen LogP contribution is -2.53. The van der Waals surface area contributed by atoms with Crippen LogP contribution in [0.1, 0.15) is 39.2 Å². The smallest absolute Gasteiger partial charge is 0.410 e. The zero-order valence-electron chi connectivity index (χ0n) is 18.8. The molecule has 0 atom stereocenters. The Kier molecular flexibility index (Phi) is 8.17. The number of carbonyl (C=O) groups is 2. The fourth-order valence-corrected chi connectivity index (χ4v) is 4.13. The lowest BCUT2D eigenvalue weighted by atomic mass is 9.95. The average molecular weight is 492 g/mol. The summed E-state index contributed by atoms with van der Waals surface area (Å²) in [7, 11) is 0. The van der Waals surface area contributed by atoms with Crippen LogP contribution in [0.3, 0.4) is 0 Å².